The van der Waals surface area contributed by atoms with Crippen molar-refractivity contribution in [3.8, 4) is 22.3 Å². The third-order valence-electron chi connectivity index (χ3n) is 11.4. The van der Waals surface area contributed by atoms with E-state index in [1.54, 1.807) is 27.8 Å². The van der Waals surface area contributed by atoms with Crippen LogP contribution < -0.4 is 0 Å². The molecule has 2 aliphatic rings. The molecule has 256 valence electrons. The van der Waals surface area contributed by atoms with Crippen LogP contribution in [0.25, 0.3) is 49.9 Å². The minimum absolute atomic E-state index is 0.0518. The molecule has 0 N–H and O–H groups in total. The van der Waals surface area contributed by atoms with Crippen molar-refractivity contribution < 1.29 is 22.4 Å². The zero-order chi connectivity index (χ0) is 35.8. The van der Waals surface area contributed by atoms with E-state index in [0.29, 0.717) is 3.63 Å². The van der Waals surface area contributed by atoms with Gasteiger partial charge in [0.05, 0.1) is 0 Å². The number of allylic oxidation sites excluding steroid dienone is 1. The first-order valence-electron chi connectivity index (χ1n) is 19.2. The second-order valence-electron chi connectivity index (χ2n) is 17.5. The van der Waals surface area contributed by atoms with E-state index < -0.39 is 28.3 Å². The van der Waals surface area contributed by atoms with Gasteiger partial charge in [-0.1, -0.05) is 0 Å². The van der Waals surface area contributed by atoms with Gasteiger partial charge in [0.1, 0.15) is 0 Å². The van der Waals surface area contributed by atoms with Crippen LogP contribution in [0.4, 0.5) is 0 Å². The van der Waals surface area contributed by atoms with Gasteiger partial charge in [-0.05, 0) is 0 Å². The molecule has 0 saturated heterocycles. The summed E-state index contributed by atoms with van der Waals surface area (Å²) in [6.45, 7) is 21.9. The predicted molar refractivity (Wildman–Crippen MR) is 222 cm³/mol. The van der Waals surface area contributed by atoms with Gasteiger partial charge < -0.3 is 0 Å². The van der Waals surface area contributed by atoms with Crippen molar-refractivity contribution >= 4 is 33.5 Å². The molecular weight excluding hydrogens is 708 g/mol. The van der Waals surface area contributed by atoms with Gasteiger partial charge in [-0.2, -0.15) is 0 Å². The normalized spacial score (nSPS) is 16.8. The molecule has 0 heterocycles. The van der Waals surface area contributed by atoms with E-state index in [-0.39, 0.29) is 16.7 Å². The monoisotopic (exact) mass is 758 g/mol. The second-order valence-corrected chi connectivity index (χ2v) is 32.5. The molecule has 8 rings (SSSR count). The SMILES string of the molecule is CCCC1=Cc2c(-c3c4ccccc4cc4ccccc34)cccc2C1c1cc(C(C)(C)C)cc2c1[CH]([Zr][SiH](C)C)c1ccc(C(C)(C)C)cc1-2. The molecule has 0 radical (unpaired) electrons. The van der Waals surface area contributed by atoms with E-state index in [1.165, 1.54) is 60.5 Å². The topological polar surface area (TPSA) is 0 Å². The van der Waals surface area contributed by atoms with Crippen molar-refractivity contribution in [3.63, 3.8) is 0 Å². The van der Waals surface area contributed by atoms with Crippen molar-refractivity contribution in [3.05, 3.63) is 148 Å². The first kappa shape index (κ1) is 34.7. The van der Waals surface area contributed by atoms with Crippen LogP contribution in [0.15, 0.2) is 109 Å². The predicted octanol–water partition coefficient (Wildman–Crippen LogP) is 13.7. The fourth-order valence-corrected chi connectivity index (χ4v) is 18.8. The molecule has 0 nitrogen and oxygen atoms in total. The molecule has 0 bridgehead atoms. The maximum atomic E-state index is 2.67. The van der Waals surface area contributed by atoms with Crippen LogP contribution in [0.5, 0.6) is 0 Å². The van der Waals surface area contributed by atoms with Gasteiger partial charge in [-0.3, -0.25) is 0 Å². The molecule has 2 unspecified atom stereocenters. The van der Waals surface area contributed by atoms with Crippen LogP contribution in [0, 0.1) is 0 Å². The Labute approximate surface area is 318 Å². The van der Waals surface area contributed by atoms with Gasteiger partial charge in [0.25, 0.3) is 0 Å². The van der Waals surface area contributed by atoms with Gasteiger partial charge in [0.2, 0.25) is 0 Å². The standard InChI is InChI=1S/C47H45.C2H7Si.Zr/c1-8-14-32-25-40-37(19-13-20-38(40)45-35-17-11-9-15-29(35)23-30-16-10-12-18-36(30)45)44(32)43-28-34(47(5,6)7)27-42-39-26-33(46(2,3)4)22-21-31(39)24-41(42)43;1-3-2;/h9-13,15-28,44H,8,14H2,1-7H3;3H,1-2H3;. The molecule has 0 saturated carbocycles. The summed E-state index contributed by atoms with van der Waals surface area (Å²) in [7, 11) is 0. The molecule has 0 amide bonds. The Balaban J connectivity index is 1.42. The van der Waals surface area contributed by atoms with Gasteiger partial charge >= 0.3 is 321 Å². The third-order valence-corrected chi connectivity index (χ3v) is 21.3. The molecule has 0 fully saturated rings. The van der Waals surface area contributed by atoms with Crippen molar-refractivity contribution in [2.75, 3.05) is 0 Å². The zero-order valence-corrected chi connectivity index (χ0v) is 35.7. The Morgan fingerprint density at radius 3 is 1.88 bits per heavy atom. The fraction of sp³-hybridized carbons (Fsp3) is 0.306. The van der Waals surface area contributed by atoms with Crippen LogP contribution in [0.2, 0.25) is 13.1 Å². The summed E-state index contributed by atoms with van der Waals surface area (Å²) in [5, 5.41) is 5.30. The minimum atomic E-state index is -0.726. The summed E-state index contributed by atoms with van der Waals surface area (Å²) in [4.78, 5) is 0. The third kappa shape index (κ3) is 5.99. The van der Waals surface area contributed by atoms with Crippen LogP contribution in [0.3, 0.4) is 0 Å². The second kappa shape index (κ2) is 13.0. The summed E-state index contributed by atoms with van der Waals surface area (Å²) in [5.74, 6) is -0.444. The number of rotatable bonds is 6. The Morgan fingerprint density at radius 1 is 0.608 bits per heavy atom. The molecule has 2 aliphatic carbocycles. The average molecular weight is 760 g/mol. The van der Waals surface area contributed by atoms with Crippen molar-refractivity contribution in [2.24, 2.45) is 0 Å². The molecule has 0 aromatic heterocycles. The molecule has 51 heavy (non-hydrogen) atoms. The van der Waals surface area contributed by atoms with E-state index in [2.05, 4.69) is 171 Å². The van der Waals surface area contributed by atoms with Crippen molar-refractivity contribution in [2.45, 2.75) is 94.8 Å². The van der Waals surface area contributed by atoms with E-state index in [0.717, 1.165) is 12.8 Å². The van der Waals surface area contributed by atoms with Gasteiger partial charge in [0.15, 0.2) is 0 Å². The summed E-state index contributed by atoms with van der Waals surface area (Å²) < 4.78 is 0.625. The molecule has 6 aromatic carbocycles. The summed E-state index contributed by atoms with van der Waals surface area (Å²) in [6, 6.07) is 40.5. The number of hydrogen-bond donors (Lipinski definition) is 0. The molecule has 6 aromatic rings. The van der Waals surface area contributed by atoms with E-state index in [4.69, 9.17) is 0 Å². The molecule has 2 atom stereocenters. The average Bonchev–Trinajstić information content (AvgIpc) is 3.61. The number of hydrogen-bond acceptors (Lipinski definition) is 0. The Bertz CT molecular complexity index is 2310. The Hall–Kier alpha value is -3.32. The summed E-state index contributed by atoms with van der Waals surface area (Å²) in [6.07, 6.45) is 4.89. The van der Waals surface area contributed by atoms with Crippen LogP contribution in [-0.4, -0.2) is 5.92 Å². The van der Waals surface area contributed by atoms with Crippen molar-refractivity contribution in [1.29, 1.82) is 0 Å². The van der Waals surface area contributed by atoms with Gasteiger partial charge in [-0.25, -0.2) is 0 Å². The van der Waals surface area contributed by atoms with E-state index in [9.17, 15) is 0 Å². The first-order chi connectivity index (χ1) is 24.3. The number of fused-ring (bicyclic) bond motifs is 6. The summed E-state index contributed by atoms with van der Waals surface area (Å²) in [5.41, 5.74) is 18.4. The maximum absolute atomic E-state index is 2.67. The molecule has 0 aliphatic heterocycles. The van der Waals surface area contributed by atoms with E-state index in [1.807, 2.05) is 0 Å². The van der Waals surface area contributed by atoms with E-state index >= 15 is 0 Å². The van der Waals surface area contributed by atoms with Crippen LogP contribution in [-0.2, 0) is 33.2 Å². The zero-order valence-electron chi connectivity index (χ0n) is 32.0. The quantitative estimate of drug-likeness (QED) is 0.117. The summed E-state index contributed by atoms with van der Waals surface area (Å²) >= 11 is -0.679. The van der Waals surface area contributed by atoms with Crippen LogP contribution in [0.1, 0.15) is 110 Å². The fourth-order valence-electron chi connectivity index (χ4n) is 8.92. The Kier molecular flexibility index (Phi) is 8.83. The van der Waals surface area contributed by atoms with Crippen molar-refractivity contribution in [1.82, 2.24) is 0 Å². The number of benzene rings is 6. The van der Waals surface area contributed by atoms with Gasteiger partial charge in [-0.15, -0.1) is 0 Å². The first-order valence-corrected chi connectivity index (χ1v) is 27.7. The molecular formula is C49H52SiZr. The molecule has 2 heteroatoms. The molecule has 0 spiro atoms. The van der Waals surface area contributed by atoms with Gasteiger partial charge in [0, 0.05) is 0 Å². The van der Waals surface area contributed by atoms with Crippen LogP contribution >= 0.6 is 0 Å². The Morgan fingerprint density at radius 2 is 1.25 bits per heavy atom.